The number of halogens is 1. The summed E-state index contributed by atoms with van der Waals surface area (Å²) in [5, 5.41) is 13.6. The minimum atomic E-state index is -0.452. The maximum atomic E-state index is 12.1. The Labute approximate surface area is 127 Å². The summed E-state index contributed by atoms with van der Waals surface area (Å²) in [6.45, 7) is 3.48. The van der Waals surface area contributed by atoms with E-state index in [1.165, 1.54) is 17.4 Å². The molecular formula is C13H11BrN2O3S. The first-order valence-electron chi connectivity index (χ1n) is 5.71. The fourth-order valence-electron chi connectivity index (χ4n) is 1.79. The first-order chi connectivity index (χ1) is 9.38. The third kappa shape index (κ3) is 3.05. The van der Waals surface area contributed by atoms with Gasteiger partial charge in [0.05, 0.1) is 19.3 Å². The van der Waals surface area contributed by atoms with Crippen molar-refractivity contribution in [2.75, 3.05) is 5.32 Å². The van der Waals surface area contributed by atoms with E-state index in [-0.39, 0.29) is 11.6 Å². The first-order valence-corrected chi connectivity index (χ1v) is 7.31. The van der Waals surface area contributed by atoms with Crippen LogP contribution in [0.1, 0.15) is 20.8 Å². The summed E-state index contributed by atoms with van der Waals surface area (Å²) in [6.07, 6.45) is 0. The van der Waals surface area contributed by atoms with Gasteiger partial charge >= 0.3 is 0 Å². The van der Waals surface area contributed by atoms with E-state index in [2.05, 4.69) is 21.2 Å². The molecular weight excluding hydrogens is 344 g/mol. The van der Waals surface area contributed by atoms with Crippen molar-refractivity contribution in [2.45, 2.75) is 13.8 Å². The smallest absolute Gasteiger partial charge is 0.274 e. The third-order valence-electron chi connectivity index (χ3n) is 2.78. The lowest BCUT2D eigenvalue weighted by atomic mass is 10.1. The molecule has 0 fully saturated rings. The Kier molecular flexibility index (Phi) is 4.20. The molecule has 2 aromatic rings. The second-order valence-electron chi connectivity index (χ2n) is 4.27. The van der Waals surface area contributed by atoms with Crippen molar-refractivity contribution in [1.29, 1.82) is 0 Å². The summed E-state index contributed by atoms with van der Waals surface area (Å²) in [5.74, 6) is -0.276. The minimum absolute atomic E-state index is 0.00161. The molecule has 0 aliphatic rings. The summed E-state index contributed by atoms with van der Waals surface area (Å²) < 4.78 is 0.856. The van der Waals surface area contributed by atoms with Gasteiger partial charge in [0.1, 0.15) is 0 Å². The van der Waals surface area contributed by atoms with Crippen LogP contribution in [0.2, 0.25) is 0 Å². The van der Waals surface area contributed by atoms with Gasteiger partial charge in [-0.25, -0.2) is 0 Å². The van der Waals surface area contributed by atoms with Crippen LogP contribution in [-0.2, 0) is 0 Å². The summed E-state index contributed by atoms with van der Waals surface area (Å²) in [7, 11) is 0. The van der Waals surface area contributed by atoms with Crippen LogP contribution in [0.15, 0.2) is 28.1 Å². The van der Waals surface area contributed by atoms with Gasteiger partial charge in [0.25, 0.3) is 11.6 Å². The normalized spacial score (nSPS) is 10.3. The average Bonchev–Trinajstić information content (AvgIpc) is 2.79. The van der Waals surface area contributed by atoms with E-state index in [1.54, 1.807) is 32.0 Å². The number of anilines is 1. The fraction of sp³-hybridized carbons (Fsp3) is 0.154. The van der Waals surface area contributed by atoms with Gasteiger partial charge in [-0.15, -0.1) is 11.3 Å². The molecule has 1 N–H and O–H groups in total. The predicted molar refractivity (Wildman–Crippen MR) is 82.5 cm³/mol. The molecule has 0 atom stereocenters. The number of carbonyl (C=O) groups excluding carboxylic acids is 1. The highest BCUT2D eigenvalue weighted by Gasteiger charge is 2.16. The van der Waals surface area contributed by atoms with E-state index in [0.717, 1.165) is 9.35 Å². The molecule has 1 aromatic heterocycles. The summed E-state index contributed by atoms with van der Waals surface area (Å²) in [4.78, 5) is 23.1. The summed E-state index contributed by atoms with van der Waals surface area (Å²) in [6, 6.07) is 6.56. The minimum Gasteiger partial charge on any atom is -0.321 e. The number of nitro benzene ring substituents is 1. The van der Waals surface area contributed by atoms with Gasteiger partial charge in [0, 0.05) is 11.6 Å². The molecule has 0 spiro atoms. The number of nitrogens with zero attached hydrogens (tertiary/aromatic N) is 1. The predicted octanol–water partition coefficient (Wildman–Crippen LogP) is 4.29. The molecule has 104 valence electrons. The lowest BCUT2D eigenvalue weighted by Gasteiger charge is -2.08. The number of nitrogens with one attached hydrogen (secondary N) is 1. The van der Waals surface area contributed by atoms with Crippen LogP contribution in [0.3, 0.4) is 0 Å². The average molecular weight is 355 g/mol. The lowest BCUT2D eigenvalue weighted by Crippen LogP contribution is -2.11. The van der Waals surface area contributed by atoms with Crippen molar-refractivity contribution >= 4 is 44.5 Å². The Balaban J connectivity index is 2.31. The number of thiophene rings is 1. The first kappa shape index (κ1) is 14.7. The van der Waals surface area contributed by atoms with E-state index in [0.29, 0.717) is 16.1 Å². The second kappa shape index (κ2) is 5.72. The molecule has 5 nitrogen and oxygen atoms in total. The number of amides is 1. The number of aryl methyl sites for hydroxylation is 2. The molecule has 2 rings (SSSR count). The van der Waals surface area contributed by atoms with Crippen LogP contribution in [0.4, 0.5) is 11.4 Å². The van der Waals surface area contributed by atoms with Gasteiger partial charge in [-0.1, -0.05) is 0 Å². The van der Waals surface area contributed by atoms with Gasteiger partial charge in [-0.05, 0) is 53.5 Å². The van der Waals surface area contributed by atoms with Gasteiger partial charge in [-0.2, -0.15) is 0 Å². The van der Waals surface area contributed by atoms with E-state index in [9.17, 15) is 14.9 Å². The van der Waals surface area contributed by atoms with Crippen molar-refractivity contribution in [3.05, 3.63) is 54.2 Å². The Morgan fingerprint density at radius 2 is 2.00 bits per heavy atom. The number of hydrogen-bond acceptors (Lipinski definition) is 4. The molecule has 0 saturated carbocycles. The number of nitro groups is 1. The number of benzene rings is 1. The zero-order valence-corrected chi connectivity index (χ0v) is 13.2. The molecule has 7 heteroatoms. The molecule has 1 aromatic carbocycles. The lowest BCUT2D eigenvalue weighted by molar-refractivity contribution is -0.385. The van der Waals surface area contributed by atoms with E-state index < -0.39 is 4.92 Å². The van der Waals surface area contributed by atoms with Crippen molar-refractivity contribution in [3.63, 3.8) is 0 Å². The van der Waals surface area contributed by atoms with Crippen LogP contribution in [-0.4, -0.2) is 10.8 Å². The summed E-state index contributed by atoms with van der Waals surface area (Å²) >= 11 is 4.60. The second-order valence-corrected chi connectivity index (χ2v) is 6.73. The standard InChI is InChI=1S/C13H11BrN2O3S/c1-7-5-8(2)10(16(18)19)6-9(7)15-13(17)11-3-4-12(14)20-11/h3-6H,1-2H3,(H,15,17). The Morgan fingerprint density at radius 1 is 1.30 bits per heavy atom. The molecule has 0 radical (unpaired) electrons. The molecule has 0 saturated heterocycles. The topological polar surface area (TPSA) is 72.2 Å². The Morgan fingerprint density at radius 3 is 2.55 bits per heavy atom. The fourth-order valence-corrected chi connectivity index (χ4v) is 3.07. The van der Waals surface area contributed by atoms with Crippen LogP contribution in [0, 0.1) is 24.0 Å². The van der Waals surface area contributed by atoms with Crippen molar-refractivity contribution < 1.29 is 9.72 Å². The van der Waals surface area contributed by atoms with Crippen molar-refractivity contribution in [2.24, 2.45) is 0 Å². The molecule has 0 unspecified atom stereocenters. The summed E-state index contributed by atoms with van der Waals surface area (Å²) in [5.41, 5.74) is 1.82. The van der Waals surface area contributed by atoms with E-state index in [4.69, 9.17) is 0 Å². The van der Waals surface area contributed by atoms with Crippen LogP contribution >= 0.6 is 27.3 Å². The number of rotatable bonds is 3. The SMILES string of the molecule is Cc1cc(C)c([N+](=O)[O-])cc1NC(=O)c1ccc(Br)s1. The van der Waals surface area contributed by atoms with Crippen LogP contribution in [0.25, 0.3) is 0 Å². The number of carbonyl (C=O) groups is 1. The maximum Gasteiger partial charge on any atom is 0.274 e. The zero-order valence-electron chi connectivity index (χ0n) is 10.8. The van der Waals surface area contributed by atoms with Gasteiger partial charge in [0.15, 0.2) is 0 Å². The maximum absolute atomic E-state index is 12.1. The van der Waals surface area contributed by atoms with Crippen molar-refractivity contribution in [3.8, 4) is 0 Å². The highest BCUT2D eigenvalue weighted by molar-refractivity contribution is 9.11. The third-order valence-corrected chi connectivity index (χ3v) is 4.41. The highest BCUT2D eigenvalue weighted by atomic mass is 79.9. The quantitative estimate of drug-likeness (QED) is 0.660. The molecule has 0 aliphatic heterocycles. The molecule has 0 bridgehead atoms. The Hall–Kier alpha value is -1.73. The van der Waals surface area contributed by atoms with Gasteiger partial charge in [-0.3, -0.25) is 14.9 Å². The van der Waals surface area contributed by atoms with E-state index in [1.807, 2.05) is 0 Å². The van der Waals surface area contributed by atoms with Gasteiger partial charge < -0.3 is 5.32 Å². The molecule has 1 amide bonds. The zero-order chi connectivity index (χ0) is 14.9. The van der Waals surface area contributed by atoms with Crippen LogP contribution in [0.5, 0.6) is 0 Å². The van der Waals surface area contributed by atoms with E-state index >= 15 is 0 Å². The monoisotopic (exact) mass is 354 g/mol. The Bertz CT molecular complexity index is 697. The number of hydrogen-bond donors (Lipinski definition) is 1. The van der Waals surface area contributed by atoms with Crippen molar-refractivity contribution in [1.82, 2.24) is 0 Å². The molecule has 1 heterocycles. The van der Waals surface area contributed by atoms with Crippen LogP contribution < -0.4 is 5.32 Å². The van der Waals surface area contributed by atoms with Gasteiger partial charge in [0.2, 0.25) is 0 Å². The molecule has 20 heavy (non-hydrogen) atoms. The largest absolute Gasteiger partial charge is 0.321 e. The highest BCUT2D eigenvalue weighted by Crippen LogP contribution is 2.28. The molecule has 0 aliphatic carbocycles.